The Labute approximate surface area is 298 Å². The van der Waals surface area contributed by atoms with Crippen LogP contribution in [-0.4, -0.2) is 36.6 Å². The Morgan fingerprint density at radius 1 is 0.600 bits per heavy atom. The molecule has 0 fully saturated rings. The first-order valence-electron chi connectivity index (χ1n) is 18.5. The summed E-state index contributed by atoms with van der Waals surface area (Å²) in [6.07, 6.45) is 23.3. The van der Waals surface area contributed by atoms with Crippen LogP contribution in [0.25, 0.3) is 0 Å². The van der Waals surface area contributed by atoms with Crippen LogP contribution in [0.15, 0.2) is 133 Å². The van der Waals surface area contributed by atoms with Gasteiger partial charge in [0.15, 0.2) is 0 Å². The second-order valence-corrected chi connectivity index (χ2v) is 15.0. The fraction of sp³-hybridized carbons (Fsp3) is 0.391. The molecule has 260 valence electrons. The van der Waals surface area contributed by atoms with Crippen molar-refractivity contribution in [1.29, 1.82) is 0 Å². The zero-order chi connectivity index (χ0) is 35.0. The van der Waals surface area contributed by atoms with E-state index < -0.39 is 5.41 Å². The van der Waals surface area contributed by atoms with Crippen molar-refractivity contribution in [3.63, 3.8) is 0 Å². The molecule has 0 aromatic heterocycles. The lowest BCUT2D eigenvalue weighted by molar-refractivity contribution is 0.0372. The summed E-state index contributed by atoms with van der Waals surface area (Å²) in [6, 6.07) is 26.6. The molecule has 4 nitrogen and oxygen atoms in total. The molecule has 3 aromatic carbocycles. The van der Waals surface area contributed by atoms with Gasteiger partial charge in [0.2, 0.25) is 0 Å². The normalized spacial score (nSPS) is 29.4. The maximum Gasteiger partial charge on any atom is 0.119 e. The molecule has 7 rings (SSSR count). The Balaban J connectivity index is 1.62. The minimum absolute atomic E-state index is 0.0241. The Morgan fingerprint density at radius 2 is 1.06 bits per heavy atom. The Kier molecular flexibility index (Phi) is 9.30. The van der Waals surface area contributed by atoms with Crippen molar-refractivity contribution in [2.45, 2.75) is 64.2 Å². The van der Waals surface area contributed by atoms with E-state index in [0.717, 1.165) is 37.2 Å². The van der Waals surface area contributed by atoms with Crippen LogP contribution in [0.4, 0.5) is 0 Å². The summed E-state index contributed by atoms with van der Waals surface area (Å²) in [5, 5.41) is 18.9. The molecule has 0 bridgehead atoms. The van der Waals surface area contributed by atoms with Crippen molar-refractivity contribution in [2.75, 3.05) is 26.4 Å². The first-order valence-corrected chi connectivity index (χ1v) is 18.5. The largest absolute Gasteiger partial charge is 0.491 e. The lowest BCUT2D eigenvalue weighted by Crippen LogP contribution is -2.63. The molecule has 2 N–H and O–H groups in total. The fourth-order valence-electron chi connectivity index (χ4n) is 10.4. The SMILES string of the molecule is CC1C=CC=CC1(C)C1(C2(C)C=CC=CC2C)C2=C(CCCC2)C(c2ccc(OCCO)cc2)(c2ccc(OCCO)cc2)c2ccccc21. The average Bonchev–Trinajstić information content (AvgIpc) is 3.15. The lowest BCUT2D eigenvalue weighted by atomic mass is 9.35. The zero-order valence-corrected chi connectivity index (χ0v) is 30.1. The van der Waals surface area contributed by atoms with Crippen LogP contribution in [0.3, 0.4) is 0 Å². The second-order valence-electron chi connectivity index (χ2n) is 15.0. The molecule has 0 saturated carbocycles. The first-order chi connectivity index (χ1) is 24.3. The predicted octanol–water partition coefficient (Wildman–Crippen LogP) is 9.42. The van der Waals surface area contributed by atoms with Crippen LogP contribution in [-0.2, 0) is 10.8 Å². The van der Waals surface area contributed by atoms with Gasteiger partial charge in [0, 0.05) is 16.2 Å². The van der Waals surface area contributed by atoms with Crippen molar-refractivity contribution in [3.05, 3.63) is 155 Å². The van der Waals surface area contributed by atoms with Crippen molar-refractivity contribution in [3.8, 4) is 11.5 Å². The number of aliphatic hydroxyl groups excluding tert-OH is 2. The van der Waals surface area contributed by atoms with E-state index in [4.69, 9.17) is 9.47 Å². The summed E-state index contributed by atoms with van der Waals surface area (Å²) in [7, 11) is 0. The van der Waals surface area contributed by atoms with Gasteiger partial charge in [0.05, 0.1) is 18.6 Å². The van der Waals surface area contributed by atoms with Gasteiger partial charge in [-0.1, -0.05) is 136 Å². The highest BCUT2D eigenvalue weighted by Gasteiger charge is 2.67. The third kappa shape index (κ3) is 4.93. The second kappa shape index (κ2) is 13.5. The lowest BCUT2D eigenvalue weighted by Gasteiger charge is -2.67. The number of rotatable bonds is 10. The van der Waals surface area contributed by atoms with Crippen molar-refractivity contribution >= 4 is 0 Å². The minimum Gasteiger partial charge on any atom is -0.491 e. The molecule has 0 radical (unpaired) electrons. The van der Waals surface area contributed by atoms with E-state index in [2.05, 4.69) is 149 Å². The van der Waals surface area contributed by atoms with Gasteiger partial charge in [-0.25, -0.2) is 0 Å². The molecule has 0 aliphatic heterocycles. The quantitative estimate of drug-likeness (QED) is 0.211. The number of fused-ring (bicyclic) bond motifs is 1. The zero-order valence-electron chi connectivity index (χ0n) is 30.1. The summed E-state index contributed by atoms with van der Waals surface area (Å²) in [5.74, 6) is 2.11. The summed E-state index contributed by atoms with van der Waals surface area (Å²) in [6.45, 7) is 10.4. The monoisotopic (exact) mass is 668 g/mol. The maximum absolute atomic E-state index is 9.46. The van der Waals surface area contributed by atoms with E-state index in [1.54, 1.807) is 5.57 Å². The highest BCUT2D eigenvalue weighted by Crippen LogP contribution is 2.72. The van der Waals surface area contributed by atoms with Gasteiger partial charge in [0.25, 0.3) is 0 Å². The van der Waals surface area contributed by atoms with Crippen LogP contribution in [0.1, 0.15) is 75.6 Å². The molecule has 4 unspecified atom stereocenters. The van der Waals surface area contributed by atoms with E-state index in [1.807, 2.05) is 0 Å². The van der Waals surface area contributed by atoms with Crippen molar-refractivity contribution in [1.82, 2.24) is 0 Å². The van der Waals surface area contributed by atoms with E-state index in [9.17, 15) is 10.2 Å². The molecule has 3 aromatic rings. The standard InChI is InChI=1S/C46H52O4/c1-33-13-9-11-27-43(33,3)46(44(4)28-12-10-14-34(44)2)41-17-7-5-15-39(41)45(40-16-6-8-18-42(40)46,35-19-23-37(24-20-35)49-31-29-47)36-21-25-38(26-22-36)50-32-30-48/h5,7,9-15,17,19-28,33-34,47-48H,6,8,16,18,29-32H2,1-4H3. The first kappa shape index (κ1) is 34.3. The molecule has 0 heterocycles. The molecular formula is C46H52O4. The van der Waals surface area contributed by atoms with Crippen LogP contribution in [0.2, 0.25) is 0 Å². The topological polar surface area (TPSA) is 58.9 Å². The minimum atomic E-state index is -0.553. The number of hydrogen-bond acceptors (Lipinski definition) is 4. The van der Waals surface area contributed by atoms with E-state index in [1.165, 1.54) is 27.8 Å². The molecular weight excluding hydrogens is 617 g/mol. The number of ether oxygens (including phenoxy) is 2. The number of allylic oxidation sites excluding steroid dienone is 10. The van der Waals surface area contributed by atoms with Gasteiger partial charge in [-0.3, -0.25) is 0 Å². The summed E-state index contributed by atoms with van der Waals surface area (Å²) in [4.78, 5) is 0. The van der Waals surface area contributed by atoms with Gasteiger partial charge in [-0.05, 0) is 84.0 Å². The molecule has 0 spiro atoms. The smallest absolute Gasteiger partial charge is 0.119 e. The van der Waals surface area contributed by atoms with Crippen molar-refractivity contribution in [2.24, 2.45) is 22.7 Å². The molecule has 0 saturated heterocycles. The Hall–Kier alpha value is -4.12. The van der Waals surface area contributed by atoms with Crippen molar-refractivity contribution < 1.29 is 19.7 Å². The average molecular weight is 669 g/mol. The highest BCUT2D eigenvalue weighted by atomic mass is 16.5. The van der Waals surface area contributed by atoms with Gasteiger partial charge in [-0.15, -0.1) is 0 Å². The molecule has 0 amide bonds. The molecule has 4 atom stereocenters. The predicted molar refractivity (Wildman–Crippen MR) is 203 cm³/mol. The number of benzene rings is 3. The Bertz CT molecular complexity index is 1750. The van der Waals surface area contributed by atoms with Crippen LogP contribution < -0.4 is 9.47 Å². The number of aliphatic hydroxyl groups is 2. The molecule has 4 aliphatic carbocycles. The number of hydrogen-bond donors (Lipinski definition) is 2. The van der Waals surface area contributed by atoms with E-state index in [0.29, 0.717) is 11.8 Å². The van der Waals surface area contributed by atoms with Crippen LogP contribution >= 0.6 is 0 Å². The van der Waals surface area contributed by atoms with Crippen LogP contribution in [0, 0.1) is 22.7 Å². The fourth-order valence-corrected chi connectivity index (χ4v) is 10.4. The van der Waals surface area contributed by atoms with Crippen LogP contribution in [0.5, 0.6) is 11.5 Å². The Morgan fingerprint density at radius 3 is 1.52 bits per heavy atom. The van der Waals surface area contributed by atoms with Gasteiger partial charge in [-0.2, -0.15) is 0 Å². The third-order valence-corrected chi connectivity index (χ3v) is 12.8. The molecule has 4 aliphatic rings. The van der Waals surface area contributed by atoms with E-state index in [-0.39, 0.29) is 42.7 Å². The summed E-state index contributed by atoms with van der Waals surface area (Å²) >= 11 is 0. The molecule has 50 heavy (non-hydrogen) atoms. The maximum atomic E-state index is 9.46. The summed E-state index contributed by atoms with van der Waals surface area (Å²) in [5.41, 5.74) is 6.94. The van der Waals surface area contributed by atoms with Gasteiger partial charge < -0.3 is 19.7 Å². The summed E-state index contributed by atoms with van der Waals surface area (Å²) < 4.78 is 11.8. The van der Waals surface area contributed by atoms with Gasteiger partial charge in [0.1, 0.15) is 24.7 Å². The highest BCUT2D eigenvalue weighted by molar-refractivity contribution is 5.71. The third-order valence-electron chi connectivity index (χ3n) is 12.8. The van der Waals surface area contributed by atoms with E-state index >= 15 is 0 Å². The van der Waals surface area contributed by atoms with Gasteiger partial charge >= 0.3 is 0 Å². The molecule has 4 heteroatoms.